The molecule has 0 aliphatic heterocycles. The number of halogens is 6. The van der Waals surface area contributed by atoms with Crippen LogP contribution >= 0.6 is 34.8 Å². The predicted molar refractivity (Wildman–Crippen MR) is 167 cm³/mol. The van der Waals surface area contributed by atoms with Crippen LogP contribution in [0, 0.1) is 6.92 Å². The number of nitrogens with zero attached hydrogens (tertiary/aromatic N) is 2. The van der Waals surface area contributed by atoms with Crippen molar-refractivity contribution in [2.75, 3.05) is 10.8 Å². The van der Waals surface area contributed by atoms with Crippen LogP contribution in [0.4, 0.5) is 18.9 Å². The summed E-state index contributed by atoms with van der Waals surface area (Å²) < 4.78 is 69.9. The van der Waals surface area contributed by atoms with E-state index in [9.17, 15) is 31.2 Å². The van der Waals surface area contributed by atoms with Crippen LogP contribution in [0.5, 0.6) is 0 Å². The summed E-state index contributed by atoms with van der Waals surface area (Å²) in [6.07, 6.45) is -4.79. The van der Waals surface area contributed by atoms with Gasteiger partial charge >= 0.3 is 6.18 Å². The molecule has 3 aromatic rings. The van der Waals surface area contributed by atoms with E-state index in [-0.39, 0.29) is 33.9 Å². The van der Waals surface area contributed by atoms with Gasteiger partial charge in [-0.15, -0.1) is 0 Å². The van der Waals surface area contributed by atoms with Gasteiger partial charge in [-0.05, 0) is 69.7 Å². The first kappa shape index (κ1) is 35.5. The fourth-order valence-electron chi connectivity index (χ4n) is 4.41. The Kier molecular flexibility index (Phi) is 11.6. The molecule has 1 N–H and O–H groups in total. The van der Waals surface area contributed by atoms with Crippen LogP contribution in [0.1, 0.15) is 43.9 Å². The summed E-state index contributed by atoms with van der Waals surface area (Å²) in [7, 11) is -4.61. The Bertz CT molecular complexity index is 1600. The van der Waals surface area contributed by atoms with Gasteiger partial charge in [0, 0.05) is 28.2 Å². The number of hydrogen-bond donors (Lipinski definition) is 1. The summed E-state index contributed by atoms with van der Waals surface area (Å²) in [4.78, 5) is 28.2. The van der Waals surface area contributed by atoms with E-state index in [0.29, 0.717) is 15.9 Å². The van der Waals surface area contributed by atoms with Crippen molar-refractivity contribution in [3.05, 3.63) is 92.4 Å². The lowest BCUT2D eigenvalue weighted by Gasteiger charge is -2.34. The molecule has 0 bridgehead atoms. The third-order valence-corrected chi connectivity index (χ3v) is 9.46. The van der Waals surface area contributed by atoms with Gasteiger partial charge < -0.3 is 10.2 Å². The number of alkyl halides is 3. The highest BCUT2D eigenvalue weighted by Gasteiger charge is 2.37. The van der Waals surface area contributed by atoms with Crippen LogP contribution < -0.4 is 9.62 Å². The number of anilines is 1. The molecular weight excluding hydrogens is 662 g/mol. The number of benzene rings is 3. The summed E-state index contributed by atoms with van der Waals surface area (Å²) in [5.41, 5.74) is -0.692. The predicted octanol–water partition coefficient (Wildman–Crippen LogP) is 7.50. The zero-order valence-corrected chi connectivity index (χ0v) is 27.3. The molecule has 3 aromatic carbocycles. The van der Waals surface area contributed by atoms with E-state index < -0.39 is 56.9 Å². The first-order chi connectivity index (χ1) is 20.5. The molecule has 0 saturated heterocycles. The number of hydrogen-bond acceptors (Lipinski definition) is 4. The highest BCUT2D eigenvalue weighted by atomic mass is 35.5. The van der Waals surface area contributed by atoms with E-state index in [4.69, 9.17) is 34.8 Å². The Morgan fingerprint density at radius 3 is 2.05 bits per heavy atom. The summed E-state index contributed by atoms with van der Waals surface area (Å²) in [6, 6.07) is 11.5. The van der Waals surface area contributed by atoms with E-state index in [2.05, 4.69) is 5.32 Å². The van der Waals surface area contributed by atoms with E-state index in [1.165, 1.54) is 24.3 Å². The minimum atomic E-state index is -4.91. The van der Waals surface area contributed by atoms with E-state index in [0.717, 1.165) is 22.6 Å². The van der Waals surface area contributed by atoms with Gasteiger partial charge in [-0.25, -0.2) is 8.42 Å². The molecule has 0 aromatic heterocycles. The number of nitrogens with one attached hydrogen (secondary N) is 1. The fourth-order valence-corrected chi connectivity index (χ4v) is 6.55. The number of amides is 2. The standard InChI is InChI=1S/C30H31Cl3F3N3O4S/c1-5-27(29(41)37-18(2)3)38(16-22-24(31)7-6-8-25(22)32)28(40)17-39(44(42,43)21-12-9-19(4)10-13-21)20-11-14-26(33)23(15-20)30(34,35)36/h6-15,18,27H,5,16-17H2,1-4H3,(H,37,41). The molecule has 1 atom stereocenters. The van der Waals surface area contributed by atoms with Crippen LogP contribution in [0.3, 0.4) is 0 Å². The highest BCUT2D eigenvalue weighted by molar-refractivity contribution is 7.92. The largest absolute Gasteiger partial charge is 0.417 e. The Balaban J connectivity index is 2.19. The van der Waals surface area contributed by atoms with Crippen LogP contribution in [0.15, 0.2) is 65.6 Å². The van der Waals surface area contributed by atoms with Crippen LogP contribution in [-0.4, -0.2) is 43.8 Å². The minimum Gasteiger partial charge on any atom is -0.352 e. The molecule has 0 spiro atoms. The molecule has 0 aliphatic rings. The first-order valence-corrected chi connectivity index (χ1v) is 16.0. The topological polar surface area (TPSA) is 86.8 Å². The third-order valence-electron chi connectivity index (χ3n) is 6.64. The Morgan fingerprint density at radius 1 is 0.932 bits per heavy atom. The van der Waals surface area contributed by atoms with Gasteiger partial charge in [0.05, 0.1) is 21.2 Å². The van der Waals surface area contributed by atoms with Crippen molar-refractivity contribution in [1.29, 1.82) is 0 Å². The maximum Gasteiger partial charge on any atom is 0.417 e. The molecule has 0 saturated carbocycles. The van der Waals surface area contributed by atoms with Crippen molar-refractivity contribution in [1.82, 2.24) is 10.2 Å². The third kappa shape index (κ3) is 8.38. The normalized spacial score (nSPS) is 12.6. The minimum absolute atomic E-state index is 0.121. The van der Waals surface area contributed by atoms with Crippen LogP contribution in [0.25, 0.3) is 0 Å². The molecular formula is C30H31Cl3F3N3O4S. The molecule has 0 fully saturated rings. The number of rotatable bonds is 11. The van der Waals surface area contributed by atoms with E-state index >= 15 is 0 Å². The lowest BCUT2D eigenvalue weighted by molar-refractivity contribution is -0.140. The first-order valence-electron chi connectivity index (χ1n) is 13.5. The maximum atomic E-state index is 14.1. The number of carbonyl (C=O) groups excluding carboxylic acids is 2. The summed E-state index contributed by atoms with van der Waals surface area (Å²) in [6.45, 7) is 5.62. The molecule has 1 unspecified atom stereocenters. The average Bonchev–Trinajstić information content (AvgIpc) is 2.92. The zero-order valence-electron chi connectivity index (χ0n) is 24.3. The fraction of sp³-hybridized carbons (Fsp3) is 0.333. The summed E-state index contributed by atoms with van der Waals surface area (Å²) in [5, 5.41) is 2.50. The number of aryl methyl sites for hydroxylation is 1. The Morgan fingerprint density at radius 2 is 1.52 bits per heavy atom. The maximum absolute atomic E-state index is 14.1. The summed E-state index contributed by atoms with van der Waals surface area (Å²) >= 11 is 18.6. The summed E-state index contributed by atoms with van der Waals surface area (Å²) in [5.74, 6) is -1.40. The van der Waals surface area contributed by atoms with Gasteiger partial charge in [-0.2, -0.15) is 13.2 Å². The van der Waals surface area contributed by atoms with Crippen LogP contribution in [0.2, 0.25) is 15.1 Å². The molecule has 0 aliphatic carbocycles. The van der Waals surface area contributed by atoms with Gasteiger partial charge in [-0.3, -0.25) is 13.9 Å². The number of sulfonamides is 1. The monoisotopic (exact) mass is 691 g/mol. The molecule has 0 heterocycles. The molecule has 3 rings (SSSR count). The lowest BCUT2D eigenvalue weighted by atomic mass is 10.1. The van der Waals surface area contributed by atoms with Gasteiger partial charge in [0.25, 0.3) is 10.0 Å². The molecule has 238 valence electrons. The van der Waals surface area contributed by atoms with Crippen molar-refractivity contribution in [3.8, 4) is 0 Å². The second-order valence-corrected chi connectivity index (χ2v) is 13.4. The van der Waals surface area contributed by atoms with Crippen LogP contribution in [-0.2, 0) is 32.3 Å². The smallest absolute Gasteiger partial charge is 0.352 e. The number of carbonyl (C=O) groups is 2. The van der Waals surface area contributed by atoms with Gasteiger partial charge in [-0.1, -0.05) is 65.5 Å². The molecule has 7 nitrogen and oxygen atoms in total. The second-order valence-electron chi connectivity index (χ2n) is 10.3. The SMILES string of the molecule is CCC(C(=O)NC(C)C)N(Cc1c(Cl)cccc1Cl)C(=O)CN(c1ccc(Cl)c(C(F)(F)F)c1)S(=O)(=O)c1ccc(C)cc1. The highest BCUT2D eigenvalue weighted by Crippen LogP contribution is 2.38. The van der Waals surface area contributed by atoms with Gasteiger partial charge in [0.15, 0.2) is 0 Å². The average molecular weight is 693 g/mol. The van der Waals surface area contributed by atoms with Gasteiger partial charge in [0.1, 0.15) is 12.6 Å². The van der Waals surface area contributed by atoms with Gasteiger partial charge in [0.2, 0.25) is 11.8 Å². The van der Waals surface area contributed by atoms with Crippen molar-refractivity contribution >= 4 is 62.3 Å². The quantitative estimate of drug-likeness (QED) is 0.226. The Labute approximate surface area is 269 Å². The van der Waals surface area contributed by atoms with Crippen molar-refractivity contribution in [2.24, 2.45) is 0 Å². The van der Waals surface area contributed by atoms with Crippen molar-refractivity contribution in [3.63, 3.8) is 0 Å². The Hall–Kier alpha value is -2.99. The van der Waals surface area contributed by atoms with E-state index in [1.807, 2.05) is 0 Å². The molecule has 44 heavy (non-hydrogen) atoms. The molecule has 2 amide bonds. The van der Waals surface area contributed by atoms with Crippen molar-refractivity contribution < 1.29 is 31.2 Å². The molecule has 0 radical (unpaired) electrons. The molecule has 14 heteroatoms. The second kappa shape index (κ2) is 14.4. The van der Waals surface area contributed by atoms with Crippen molar-refractivity contribution in [2.45, 2.75) is 63.8 Å². The lowest BCUT2D eigenvalue weighted by Crippen LogP contribution is -2.53. The van der Waals surface area contributed by atoms with E-state index in [1.54, 1.807) is 45.9 Å². The zero-order chi connectivity index (χ0) is 33.0.